The van der Waals surface area contributed by atoms with Gasteiger partial charge in [0.15, 0.2) is 7.14 Å². The van der Waals surface area contributed by atoms with Gasteiger partial charge in [-0.1, -0.05) is 103 Å². The molecule has 0 amide bonds. The number of fused-ring (bicyclic) bond motifs is 7. The number of aromatic nitrogens is 2. The Balaban J connectivity index is 1.29. The fourth-order valence-electron chi connectivity index (χ4n) is 7.63. The van der Waals surface area contributed by atoms with E-state index < -0.39 is 7.14 Å². The molecule has 0 radical (unpaired) electrons. The molecule has 0 fully saturated rings. The number of hydrogen-bond donors (Lipinski definition) is 0. The summed E-state index contributed by atoms with van der Waals surface area (Å²) in [7, 11) is -3.01. The number of rotatable bonds is 5. The van der Waals surface area contributed by atoms with Crippen LogP contribution < -0.4 is 10.6 Å². The Morgan fingerprint density at radius 3 is 2.02 bits per heavy atom. The summed E-state index contributed by atoms with van der Waals surface area (Å²) >= 11 is 0. The van der Waals surface area contributed by atoms with Gasteiger partial charge in [-0.2, -0.15) is 0 Å². The predicted molar refractivity (Wildman–Crippen MR) is 195 cm³/mol. The third kappa shape index (κ3) is 4.02. The lowest BCUT2D eigenvalue weighted by atomic mass is 10.0. The van der Waals surface area contributed by atoms with Crippen LogP contribution in [0, 0.1) is 0 Å². The first-order valence-electron chi connectivity index (χ1n) is 16.2. The minimum absolute atomic E-state index is 0.872. The first-order valence-corrected chi connectivity index (χ1v) is 17.9. The molecule has 3 nitrogen and oxygen atoms in total. The standard InChI is InChI=1S/C42H33N2OP/c45-46(32-16-6-2-7-17-32,33-18-8-3-9-19-33)34-26-24-31(25-27-34)43-39-23-13-11-21-37(39)41-40(43)29-28-36-35-20-10-12-22-38(35)44(42(36)41)30-14-4-1-5-15-30/h1-2,4-8,10-12,14-22,24-29H,3,9,13,23H2. The lowest BCUT2D eigenvalue weighted by Crippen LogP contribution is -2.18. The molecule has 2 aromatic heterocycles. The average molecular weight is 613 g/mol. The van der Waals surface area contributed by atoms with Crippen LogP contribution in [0.2, 0.25) is 0 Å². The third-order valence-corrected chi connectivity index (χ3v) is 12.8. The maximum atomic E-state index is 15.1. The van der Waals surface area contributed by atoms with E-state index in [-0.39, 0.29) is 0 Å². The molecule has 46 heavy (non-hydrogen) atoms. The van der Waals surface area contributed by atoms with Crippen molar-refractivity contribution < 1.29 is 4.57 Å². The molecule has 0 aliphatic heterocycles. The van der Waals surface area contributed by atoms with Gasteiger partial charge in [0.1, 0.15) is 0 Å². The molecule has 2 aliphatic rings. The maximum absolute atomic E-state index is 15.1. The smallest absolute Gasteiger partial charge is 0.170 e. The number of nitrogens with zero attached hydrogens (tertiary/aromatic N) is 2. The zero-order valence-corrected chi connectivity index (χ0v) is 26.4. The van der Waals surface area contributed by atoms with Crippen molar-refractivity contribution in [3.05, 3.63) is 162 Å². The van der Waals surface area contributed by atoms with E-state index in [2.05, 4.69) is 131 Å². The molecular weight excluding hydrogens is 579 g/mol. The minimum Gasteiger partial charge on any atom is -0.313 e. The van der Waals surface area contributed by atoms with Crippen molar-refractivity contribution in [1.29, 1.82) is 0 Å². The molecular formula is C42H33N2OP. The first-order chi connectivity index (χ1) is 22.7. The van der Waals surface area contributed by atoms with Crippen molar-refractivity contribution in [2.75, 3.05) is 0 Å². The van der Waals surface area contributed by atoms with E-state index in [9.17, 15) is 0 Å². The van der Waals surface area contributed by atoms with Gasteiger partial charge in [-0.05, 0) is 74.2 Å². The Morgan fingerprint density at radius 2 is 1.24 bits per heavy atom. The fraction of sp³-hybridized carbons (Fsp3) is 0.0952. The van der Waals surface area contributed by atoms with Crippen LogP contribution in [0.4, 0.5) is 0 Å². The van der Waals surface area contributed by atoms with Gasteiger partial charge in [0.25, 0.3) is 0 Å². The molecule has 9 rings (SSSR count). The predicted octanol–water partition coefficient (Wildman–Crippen LogP) is 10.2. The van der Waals surface area contributed by atoms with Crippen LogP contribution in [0.3, 0.4) is 0 Å². The molecule has 0 bridgehead atoms. The van der Waals surface area contributed by atoms with Crippen molar-refractivity contribution in [1.82, 2.24) is 9.13 Å². The van der Waals surface area contributed by atoms with Crippen LogP contribution in [-0.2, 0) is 11.0 Å². The van der Waals surface area contributed by atoms with E-state index >= 15 is 4.57 Å². The highest BCUT2D eigenvalue weighted by atomic mass is 31.2. The summed E-state index contributed by atoms with van der Waals surface area (Å²) in [4.78, 5) is 0. The summed E-state index contributed by atoms with van der Waals surface area (Å²) in [6, 6.07) is 42.6. The SMILES string of the molecule is O=P(C1=CCCC=C1)(c1ccccc1)c1ccc(-n2c3c(c4c2ccc2c5ccccc5n(-c5ccccc5)c24)C=CCC3)cc1. The van der Waals surface area contributed by atoms with Gasteiger partial charge in [0.05, 0.1) is 16.6 Å². The lowest BCUT2D eigenvalue weighted by Gasteiger charge is -2.23. The number of benzene rings is 5. The second-order valence-electron chi connectivity index (χ2n) is 12.3. The van der Waals surface area contributed by atoms with Crippen LogP contribution in [0.25, 0.3) is 50.2 Å². The second-order valence-corrected chi connectivity index (χ2v) is 15.0. The highest BCUT2D eigenvalue weighted by molar-refractivity contribution is 7.82. The van der Waals surface area contributed by atoms with Gasteiger partial charge in [-0.3, -0.25) is 0 Å². The highest BCUT2D eigenvalue weighted by Gasteiger charge is 2.31. The van der Waals surface area contributed by atoms with Gasteiger partial charge in [0.2, 0.25) is 0 Å². The van der Waals surface area contributed by atoms with Crippen molar-refractivity contribution in [2.24, 2.45) is 0 Å². The third-order valence-electron chi connectivity index (χ3n) is 9.68. The van der Waals surface area contributed by atoms with E-state index in [4.69, 9.17) is 0 Å². The minimum atomic E-state index is -3.01. The molecule has 0 spiro atoms. The van der Waals surface area contributed by atoms with E-state index in [1.165, 1.54) is 44.0 Å². The van der Waals surface area contributed by atoms with Gasteiger partial charge in [0, 0.05) is 54.7 Å². The molecule has 0 N–H and O–H groups in total. The van der Waals surface area contributed by atoms with Gasteiger partial charge >= 0.3 is 0 Å². The summed E-state index contributed by atoms with van der Waals surface area (Å²) < 4.78 is 20.0. The summed E-state index contributed by atoms with van der Waals surface area (Å²) in [6.45, 7) is 0. The van der Waals surface area contributed by atoms with Gasteiger partial charge in [-0.15, -0.1) is 0 Å². The highest BCUT2D eigenvalue weighted by Crippen LogP contribution is 2.53. The van der Waals surface area contributed by atoms with Crippen molar-refractivity contribution >= 4 is 56.5 Å². The molecule has 222 valence electrons. The normalized spacial score (nSPS) is 15.7. The van der Waals surface area contributed by atoms with Crippen LogP contribution >= 0.6 is 7.14 Å². The van der Waals surface area contributed by atoms with E-state index in [1.807, 2.05) is 30.3 Å². The molecule has 5 aromatic carbocycles. The Hall–Kier alpha value is -5.11. The zero-order valence-electron chi connectivity index (χ0n) is 25.5. The van der Waals surface area contributed by atoms with Crippen molar-refractivity contribution in [3.63, 3.8) is 0 Å². The van der Waals surface area contributed by atoms with Gasteiger partial charge in [-0.25, -0.2) is 0 Å². The van der Waals surface area contributed by atoms with Gasteiger partial charge < -0.3 is 13.7 Å². The molecule has 2 heterocycles. The van der Waals surface area contributed by atoms with Crippen molar-refractivity contribution in [2.45, 2.75) is 25.7 Å². The van der Waals surface area contributed by atoms with Crippen molar-refractivity contribution in [3.8, 4) is 11.4 Å². The fourth-order valence-corrected chi connectivity index (χ4v) is 10.4. The largest absolute Gasteiger partial charge is 0.313 e. The second kappa shape index (κ2) is 10.8. The first kappa shape index (κ1) is 27.2. The Morgan fingerprint density at radius 1 is 0.543 bits per heavy atom. The topological polar surface area (TPSA) is 26.9 Å². The molecule has 1 unspecified atom stereocenters. The van der Waals surface area contributed by atoms with Crippen LogP contribution in [0.15, 0.2) is 151 Å². The Kier molecular flexibility index (Phi) is 6.37. The van der Waals surface area contributed by atoms with Crippen LogP contribution in [-0.4, -0.2) is 9.13 Å². The number of para-hydroxylation sites is 2. The molecule has 0 saturated carbocycles. The number of hydrogen-bond acceptors (Lipinski definition) is 1. The Bertz CT molecular complexity index is 2420. The summed E-state index contributed by atoms with van der Waals surface area (Å²) in [5.74, 6) is 0. The molecule has 7 aromatic rings. The summed E-state index contributed by atoms with van der Waals surface area (Å²) in [5.41, 5.74) is 8.53. The zero-order chi connectivity index (χ0) is 30.7. The van der Waals surface area contributed by atoms with E-state index in [0.29, 0.717) is 0 Å². The molecule has 0 saturated heterocycles. The number of allylic oxidation sites excluding steroid dienone is 5. The monoisotopic (exact) mass is 612 g/mol. The van der Waals surface area contributed by atoms with Crippen LogP contribution in [0.5, 0.6) is 0 Å². The average Bonchev–Trinajstić information content (AvgIpc) is 3.65. The molecule has 1 atom stereocenters. The molecule has 4 heteroatoms. The quantitative estimate of drug-likeness (QED) is 0.178. The summed E-state index contributed by atoms with van der Waals surface area (Å²) in [6.07, 6.45) is 14.9. The van der Waals surface area contributed by atoms with E-state index in [1.54, 1.807) is 0 Å². The maximum Gasteiger partial charge on any atom is 0.170 e. The van der Waals surface area contributed by atoms with Crippen LogP contribution in [0.1, 0.15) is 30.5 Å². The molecule has 2 aliphatic carbocycles. The Labute approximate surface area is 268 Å². The lowest BCUT2D eigenvalue weighted by molar-refractivity contribution is 0.591. The summed E-state index contributed by atoms with van der Waals surface area (Å²) in [5, 5.41) is 6.49. The van der Waals surface area contributed by atoms with E-state index in [0.717, 1.165) is 53.0 Å².